The number of hydrogen-bond donors (Lipinski definition) is 1. The van der Waals surface area contributed by atoms with E-state index in [0.29, 0.717) is 23.1 Å². The lowest BCUT2D eigenvalue weighted by Crippen LogP contribution is -2.17. The molecular weight excluding hydrogens is 358 g/mol. The quantitative estimate of drug-likeness (QED) is 0.779. The summed E-state index contributed by atoms with van der Waals surface area (Å²) in [6, 6.07) is 10.3. The standard InChI is InChI=1S/C19H24ClNO3S/c1-6-24-17-10-8-14(19(3,4)5)11-18(17)25(22,23)21-15-9-7-13(2)16(20)12-15/h7-12,21H,6H2,1-5H3. The fourth-order valence-electron chi connectivity index (χ4n) is 2.33. The van der Waals surface area contributed by atoms with Gasteiger partial charge < -0.3 is 4.74 Å². The molecule has 2 rings (SSSR count). The third-order valence-electron chi connectivity index (χ3n) is 3.82. The maximum atomic E-state index is 12.9. The third kappa shape index (κ3) is 4.67. The van der Waals surface area contributed by atoms with Crippen molar-refractivity contribution in [1.82, 2.24) is 0 Å². The number of anilines is 1. The fraction of sp³-hybridized carbons (Fsp3) is 0.368. The zero-order chi connectivity index (χ0) is 18.8. The Morgan fingerprint density at radius 3 is 2.36 bits per heavy atom. The van der Waals surface area contributed by atoms with Gasteiger partial charge in [-0.2, -0.15) is 0 Å². The van der Waals surface area contributed by atoms with Crippen LogP contribution in [0.5, 0.6) is 5.75 Å². The molecule has 0 saturated heterocycles. The number of rotatable bonds is 5. The van der Waals surface area contributed by atoms with Crippen molar-refractivity contribution < 1.29 is 13.2 Å². The van der Waals surface area contributed by atoms with E-state index in [2.05, 4.69) is 4.72 Å². The first kappa shape index (κ1) is 19.6. The molecule has 0 fully saturated rings. The van der Waals surface area contributed by atoms with Gasteiger partial charge >= 0.3 is 0 Å². The fourth-order valence-corrected chi connectivity index (χ4v) is 3.73. The largest absolute Gasteiger partial charge is 0.492 e. The molecule has 0 radical (unpaired) electrons. The van der Waals surface area contributed by atoms with Crippen molar-refractivity contribution in [3.8, 4) is 5.75 Å². The van der Waals surface area contributed by atoms with Crippen LogP contribution in [0.15, 0.2) is 41.3 Å². The van der Waals surface area contributed by atoms with Gasteiger partial charge in [-0.15, -0.1) is 0 Å². The minimum atomic E-state index is -3.81. The van der Waals surface area contributed by atoms with E-state index in [9.17, 15) is 8.42 Å². The lowest BCUT2D eigenvalue weighted by Gasteiger charge is -2.21. The number of sulfonamides is 1. The van der Waals surface area contributed by atoms with E-state index in [1.807, 2.05) is 40.7 Å². The van der Waals surface area contributed by atoms with Gasteiger partial charge in [0.1, 0.15) is 10.6 Å². The van der Waals surface area contributed by atoms with Crippen LogP contribution in [0, 0.1) is 6.92 Å². The molecule has 25 heavy (non-hydrogen) atoms. The summed E-state index contributed by atoms with van der Waals surface area (Å²) in [5.74, 6) is 0.334. The average Bonchev–Trinajstić information content (AvgIpc) is 2.50. The molecular formula is C19H24ClNO3S. The van der Waals surface area contributed by atoms with Crippen molar-refractivity contribution in [2.75, 3.05) is 11.3 Å². The maximum Gasteiger partial charge on any atom is 0.265 e. The third-order valence-corrected chi connectivity index (χ3v) is 5.63. The van der Waals surface area contributed by atoms with Gasteiger partial charge in [0.05, 0.1) is 12.3 Å². The van der Waals surface area contributed by atoms with Gasteiger partial charge in [0.2, 0.25) is 0 Å². The highest BCUT2D eigenvalue weighted by molar-refractivity contribution is 7.92. The number of benzene rings is 2. The second-order valence-electron chi connectivity index (χ2n) is 6.91. The van der Waals surface area contributed by atoms with Gasteiger partial charge in [0.25, 0.3) is 10.0 Å². The molecule has 0 spiro atoms. The Balaban J connectivity index is 2.50. The molecule has 0 aromatic heterocycles. The van der Waals surface area contributed by atoms with Crippen molar-refractivity contribution in [3.05, 3.63) is 52.5 Å². The van der Waals surface area contributed by atoms with Crippen LogP contribution in [0.3, 0.4) is 0 Å². The molecule has 0 aliphatic carbocycles. The monoisotopic (exact) mass is 381 g/mol. The molecule has 0 saturated carbocycles. The lowest BCUT2D eigenvalue weighted by atomic mass is 9.87. The molecule has 0 bridgehead atoms. The number of aryl methyl sites for hydroxylation is 1. The number of hydrogen-bond acceptors (Lipinski definition) is 3. The molecule has 0 unspecified atom stereocenters. The normalized spacial score (nSPS) is 12.1. The van der Waals surface area contributed by atoms with Crippen LogP contribution >= 0.6 is 11.6 Å². The second-order valence-corrected chi connectivity index (χ2v) is 8.97. The minimum absolute atomic E-state index is 0.124. The smallest absolute Gasteiger partial charge is 0.265 e. The van der Waals surface area contributed by atoms with Gasteiger partial charge in [0.15, 0.2) is 0 Å². The summed E-state index contributed by atoms with van der Waals surface area (Å²) in [5, 5.41) is 0.508. The molecule has 0 amide bonds. The van der Waals surface area contributed by atoms with Crippen LogP contribution in [0.1, 0.15) is 38.8 Å². The predicted octanol–water partition coefficient (Wildman–Crippen LogP) is 5.15. The van der Waals surface area contributed by atoms with Crippen molar-refractivity contribution in [3.63, 3.8) is 0 Å². The molecule has 1 N–H and O–H groups in total. The Kier molecular flexibility index (Phi) is 5.69. The summed E-state index contributed by atoms with van der Waals surface area (Å²) in [7, 11) is -3.81. The highest BCUT2D eigenvalue weighted by Crippen LogP contribution is 2.32. The summed E-state index contributed by atoms with van der Waals surface area (Å²) in [5.41, 5.74) is 2.04. The van der Waals surface area contributed by atoms with Gasteiger partial charge in [-0.05, 0) is 54.7 Å². The molecule has 2 aromatic rings. The molecule has 4 nitrogen and oxygen atoms in total. The maximum absolute atomic E-state index is 12.9. The lowest BCUT2D eigenvalue weighted by molar-refractivity contribution is 0.331. The average molecular weight is 382 g/mol. The highest BCUT2D eigenvalue weighted by atomic mass is 35.5. The van der Waals surface area contributed by atoms with E-state index in [1.54, 1.807) is 30.3 Å². The van der Waals surface area contributed by atoms with Crippen LogP contribution in [0.4, 0.5) is 5.69 Å². The Morgan fingerprint density at radius 2 is 1.80 bits per heavy atom. The zero-order valence-corrected chi connectivity index (χ0v) is 16.8. The Morgan fingerprint density at radius 1 is 1.12 bits per heavy atom. The highest BCUT2D eigenvalue weighted by Gasteiger charge is 2.24. The van der Waals surface area contributed by atoms with Crippen molar-refractivity contribution >= 4 is 27.3 Å². The first-order valence-electron chi connectivity index (χ1n) is 8.11. The molecule has 2 aromatic carbocycles. The molecule has 6 heteroatoms. The van der Waals surface area contributed by atoms with E-state index < -0.39 is 10.0 Å². The minimum Gasteiger partial charge on any atom is -0.492 e. The van der Waals surface area contributed by atoms with Gasteiger partial charge in [-0.3, -0.25) is 4.72 Å². The van der Waals surface area contributed by atoms with Crippen molar-refractivity contribution in [1.29, 1.82) is 0 Å². The summed E-state index contributed by atoms with van der Waals surface area (Å²) in [6.07, 6.45) is 0. The zero-order valence-electron chi connectivity index (χ0n) is 15.2. The summed E-state index contributed by atoms with van der Waals surface area (Å²) < 4.78 is 34.0. The van der Waals surface area contributed by atoms with Crippen LogP contribution < -0.4 is 9.46 Å². The molecule has 136 valence electrons. The van der Waals surface area contributed by atoms with Crippen LogP contribution in [-0.4, -0.2) is 15.0 Å². The number of halogens is 1. The summed E-state index contributed by atoms with van der Waals surface area (Å²) in [4.78, 5) is 0.124. The van der Waals surface area contributed by atoms with Gasteiger partial charge in [0, 0.05) is 5.02 Å². The van der Waals surface area contributed by atoms with Crippen LogP contribution in [-0.2, 0) is 15.4 Å². The van der Waals surface area contributed by atoms with Crippen molar-refractivity contribution in [2.45, 2.75) is 44.9 Å². The first-order valence-corrected chi connectivity index (χ1v) is 9.97. The first-order chi connectivity index (χ1) is 11.5. The molecule has 0 heterocycles. The second kappa shape index (κ2) is 7.26. The van der Waals surface area contributed by atoms with Gasteiger partial charge in [-0.1, -0.05) is 44.5 Å². The van der Waals surface area contributed by atoms with Crippen molar-refractivity contribution in [2.24, 2.45) is 0 Å². The van der Waals surface area contributed by atoms with E-state index in [-0.39, 0.29) is 10.3 Å². The topological polar surface area (TPSA) is 55.4 Å². The number of ether oxygens (including phenoxy) is 1. The Labute approximate surface area is 155 Å². The predicted molar refractivity (Wildman–Crippen MR) is 103 cm³/mol. The van der Waals surface area contributed by atoms with E-state index >= 15 is 0 Å². The Bertz CT molecular complexity index is 871. The number of nitrogens with one attached hydrogen (secondary N) is 1. The summed E-state index contributed by atoms with van der Waals surface area (Å²) >= 11 is 6.10. The SMILES string of the molecule is CCOc1ccc(C(C)(C)C)cc1S(=O)(=O)Nc1ccc(C)c(Cl)c1. The van der Waals surface area contributed by atoms with Crippen LogP contribution in [0.2, 0.25) is 5.02 Å². The summed E-state index contributed by atoms with van der Waals surface area (Å²) in [6.45, 7) is 10.2. The van der Waals surface area contributed by atoms with E-state index in [4.69, 9.17) is 16.3 Å². The molecule has 0 aliphatic heterocycles. The van der Waals surface area contributed by atoms with E-state index in [0.717, 1.165) is 11.1 Å². The van der Waals surface area contributed by atoms with Gasteiger partial charge in [-0.25, -0.2) is 8.42 Å². The molecule has 0 atom stereocenters. The Hall–Kier alpha value is -1.72. The molecule has 0 aliphatic rings. The van der Waals surface area contributed by atoms with Crippen LogP contribution in [0.25, 0.3) is 0 Å². The van der Waals surface area contributed by atoms with E-state index in [1.165, 1.54) is 0 Å².